The molecular weight excluding hydrogens is 276 g/mol. The Labute approximate surface area is 114 Å². The number of carboxylic acids is 1. The number of aliphatic hydroxyl groups is 1. The van der Waals surface area contributed by atoms with Crippen LogP contribution in [0.15, 0.2) is 0 Å². The normalized spacial score (nSPS) is 12.9. The number of hydrogen-bond donors (Lipinski definition) is 2. The van der Waals surface area contributed by atoms with Crippen LogP contribution < -0.4 is 0 Å². The summed E-state index contributed by atoms with van der Waals surface area (Å²) in [4.78, 5) is 43.4. The van der Waals surface area contributed by atoms with Crippen molar-refractivity contribution in [2.75, 3.05) is 13.2 Å². The number of aliphatic hydroxyl groups excluding tert-OH is 1. The molecule has 0 aromatic heterocycles. The minimum atomic E-state index is -1.36. The second-order valence-electron chi connectivity index (χ2n) is 3.73. The maximum absolute atomic E-state index is 11.3. The van der Waals surface area contributed by atoms with Crippen LogP contribution in [-0.2, 0) is 33.4 Å². The van der Waals surface area contributed by atoms with Crippen LogP contribution in [0.25, 0.3) is 0 Å². The predicted molar refractivity (Wildman–Crippen MR) is 61.4 cm³/mol. The van der Waals surface area contributed by atoms with E-state index >= 15 is 0 Å². The maximum atomic E-state index is 11.3. The van der Waals surface area contributed by atoms with E-state index in [1.807, 2.05) is 0 Å². The van der Waals surface area contributed by atoms with E-state index in [9.17, 15) is 19.2 Å². The highest BCUT2D eigenvalue weighted by Gasteiger charge is 2.22. The van der Waals surface area contributed by atoms with Crippen molar-refractivity contribution in [3.63, 3.8) is 0 Å². The van der Waals surface area contributed by atoms with Gasteiger partial charge in [-0.15, -0.1) is 0 Å². The lowest BCUT2D eigenvalue weighted by atomic mass is 10.4. The molecule has 0 aliphatic heterocycles. The monoisotopic (exact) mass is 292 g/mol. The molecule has 2 N–H and O–H groups in total. The molecule has 0 aromatic rings. The number of hydrogen-bond acceptors (Lipinski definition) is 8. The van der Waals surface area contributed by atoms with Gasteiger partial charge in [-0.2, -0.15) is 0 Å². The third-order valence-corrected chi connectivity index (χ3v) is 1.87. The molecular formula is C11H16O9. The summed E-state index contributed by atoms with van der Waals surface area (Å²) < 4.78 is 13.5. The molecule has 2 unspecified atom stereocenters. The van der Waals surface area contributed by atoms with Gasteiger partial charge in [-0.1, -0.05) is 0 Å². The number of carbonyl (C=O) groups excluding carboxylic acids is 3. The van der Waals surface area contributed by atoms with E-state index < -0.39 is 42.7 Å². The van der Waals surface area contributed by atoms with Crippen molar-refractivity contribution >= 4 is 23.9 Å². The molecule has 9 nitrogen and oxygen atoms in total. The molecule has 20 heavy (non-hydrogen) atoms. The molecule has 0 saturated heterocycles. The van der Waals surface area contributed by atoms with Crippen molar-refractivity contribution in [3.05, 3.63) is 0 Å². The number of carboxylic acid groups (broad SMARTS) is 1. The number of esters is 3. The Balaban J connectivity index is 3.90. The molecule has 0 radical (unpaired) electrons. The van der Waals surface area contributed by atoms with Crippen LogP contribution in [0, 0.1) is 0 Å². The number of rotatable bonds is 8. The highest BCUT2D eigenvalue weighted by molar-refractivity contribution is 5.81. The molecule has 0 aliphatic rings. The highest BCUT2D eigenvalue weighted by atomic mass is 16.6. The van der Waals surface area contributed by atoms with Crippen LogP contribution in [0.5, 0.6) is 0 Å². The Morgan fingerprint density at radius 3 is 2.15 bits per heavy atom. The molecule has 0 saturated carbocycles. The second-order valence-corrected chi connectivity index (χ2v) is 3.73. The second kappa shape index (κ2) is 8.86. The zero-order valence-electron chi connectivity index (χ0n) is 11.0. The van der Waals surface area contributed by atoms with E-state index in [0.717, 1.165) is 0 Å². The van der Waals surface area contributed by atoms with Gasteiger partial charge in [0.2, 0.25) is 0 Å². The summed E-state index contributed by atoms with van der Waals surface area (Å²) in [6, 6.07) is 0. The molecule has 114 valence electrons. The average Bonchev–Trinajstić information content (AvgIpc) is 2.35. The van der Waals surface area contributed by atoms with Gasteiger partial charge >= 0.3 is 23.9 Å². The zero-order valence-corrected chi connectivity index (χ0v) is 11.0. The summed E-state index contributed by atoms with van der Waals surface area (Å²) in [7, 11) is 0. The lowest BCUT2D eigenvalue weighted by molar-refractivity contribution is -0.172. The van der Waals surface area contributed by atoms with E-state index in [1.54, 1.807) is 0 Å². The fourth-order valence-electron chi connectivity index (χ4n) is 0.888. The smallest absolute Gasteiger partial charge is 0.347 e. The van der Waals surface area contributed by atoms with Crippen molar-refractivity contribution in [2.24, 2.45) is 0 Å². The molecule has 0 aromatic carbocycles. The molecule has 0 spiro atoms. The van der Waals surface area contributed by atoms with Crippen LogP contribution in [0.2, 0.25) is 0 Å². The molecule has 0 fully saturated rings. The fourth-order valence-corrected chi connectivity index (χ4v) is 0.888. The average molecular weight is 292 g/mol. The van der Waals surface area contributed by atoms with Gasteiger partial charge in [-0.25, -0.2) is 14.4 Å². The van der Waals surface area contributed by atoms with Gasteiger partial charge in [-0.3, -0.25) is 4.79 Å². The lowest BCUT2D eigenvalue weighted by Crippen LogP contribution is -2.31. The Kier molecular flexibility index (Phi) is 7.90. The van der Waals surface area contributed by atoms with Gasteiger partial charge in [0.15, 0.2) is 12.7 Å². The van der Waals surface area contributed by atoms with Gasteiger partial charge < -0.3 is 24.4 Å². The quantitative estimate of drug-likeness (QED) is 0.420. The first kappa shape index (κ1) is 17.8. The first-order valence-electron chi connectivity index (χ1n) is 5.66. The van der Waals surface area contributed by atoms with E-state index in [2.05, 4.69) is 14.2 Å². The molecule has 0 bridgehead atoms. The molecule has 0 aliphatic carbocycles. The zero-order chi connectivity index (χ0) is 15.7. The van der Waals surface area contributed by atoms with Crippen LogP contribution in [0.4, 0.5) is 0 Å². The Hall–Kier alpha value is -2.16. The summed E-state index contributed by atoms with van der Waals surface area (Å²) in [6.45, 7) is 1.31. The molecule has 0 rings (SSSR count). The molecule has 0 heterocycles. The van der Waals surface area contributed by atoms with Crippen LogP contribution in [0.1, 0.15) is 20.3 Å². The van der Waals surface area contributed by atoms with Crippen LogP contribution in [0.3, 0.4) is 0 Å². The third kappa shape index (κ3) is 8.03. The van der Waals surface area contributed by atoms with Gasteiger partial charge in [0.1, 0.15) is 12.7 Å². The molecule has 2 atom stereocenters. The lowest BCUT2D eigenvalue weighted by Gasteiger charge is -2.13. The van der Waals surface area contributed by atoms with Crippen molar-refractivity contribution < 1.29 is 43.6 Å². The SMILES string of the molecule is CC(O)C(=O)OC(C)C(=O)OCCC(=O)OCC(=O)O. The third-order valence-electron chi connectivity index (χ3n) is 1.87. The van der Waals surface area contributed by atoms with E-state index in [1.165, 1.54) is 13.8 Å². The summed E-state index contributed by atoms with van der Waals surface area (Å²) in [5.74, 6) is -4.01. The van der Waals surface area contributed by atoms with E-state index in [4.69, 9.17) is 10.2 Å². The summed E-state index contributed by atoms with van der Waals surface area (Å²) >= 11 is 0. The first-order valence-corrected chi connectivity index (χ1v) is 5.66. The van der Waals surface area contributed by atoms with Crippen molar-refractivity contribution in [1.82, 2.24) is 0 Å². The Morgan fingerprint density at radius 1 is 1.05 bits per heavy atom. The highest BCUT2D eigenvalue weighted by Crippen LogP contribution is 1.99. The van der Waals surface area contributed by atoms with Crippen LogP contribution >= 0.6 is 0 Å². The topological polar surface area (TPSA) is 136 Å². The van der Waals surface area contributed by atoms with Gasteiger partial charge in [0, 0.05) is 0 Å². The largest absolute Gasteiger partial charge is 0.479 e. The van der Waals surface area contributed by atoms with Gasteiger partial charge in [0.25, 0.3) is 0 Å². The van der Waals surface area contributed by atoms with Crippen LogP contribution in [-0.4, -0.2) is 59.5 Å². The first-order chi connectivity index (χ1) is 9.23. The molecule has 9 heteroatoms. The number of ether oxygens (including phenoxy) is 3. The Bertz CT molecular complexity index is 374. The fraction of sp³-hybridized carbons (Fsp3) is 0.636. The van der Waals surface area contributed by atoms with Crippen molar-refractivity contribution in [3.8, 4) is 0 Å². The minimum Gasteiger partial charge on any atom is -0.479 e. The summed E-state index contributed by atoms with van der Waals surface area (Å²) in [6.07, 6.45) is -2.92. The van der Waals surface area contributed by atoms with E-state index in [-0.39, 0.29) is 13.0 Å². The predicted octanol–water partition coefficient (Wildman–Crippen LogP) is -1.14. The van der Waals surface area contributed by atoms with Crippen molar-refractivity contribution in [1.29, 1.82) is 0 Å². The van der Waals surface area contributed by atoms with E-state index in [0.29, 0.717) is 0 Å². The standard InChI is InChI=1S/C11H16O9/c1-6(12)10(16)20-7(2)11(17)18-4-3-9(15)19-5-8(13)14/h6-7,12H,3-5H2,1-2H3,(H,13,14). The van der Waals surface area contributed by atoms with Gasteiger partial charge in [0.05, 0.1) is 6.42 Å². The summed E-state index contributed by atoms with van der Waals surface area (Å²) in [5, 5.41) is 17.1. The number of carbonyl (C=O) groups is 4. The summed E-state index contributed by atoms with van der Waals surface area (Å²) in [5.41, 5.74) is 0. The van der Waals surface area contributed by atoms with Gasteiger partial charge in [-0.05, 0) is 13.8 Å². The van der Waals surface area contributed by atoms with Crippen molar-refractivity contribution in [2.45, 2.75) is 32.5 Å². The molecule has 0 amide bonds. The Morgan fingerprint density at radius 2 is 1.65 bits per heavy atom. The minimum absolute atomic E-state index is 0.323. The number of aliphatic carboxylic acids is 1. The maximum Gasteiger partial charge on any atom is 0.347 e.